The lowest BCUT2D eigenvalue weighted by Gasteiger charge is -2.27. The molecule has 0 atom stereocenters. The van der Waals surface area contributed by atoms with Gasteiger partial charge in [-0.25, -0.2) is 9.37 Å². The quantitative estimate of drug-likeness (QED) is 0.448. The Morgan fingerprint density at radius 1 is 1.07 bits per heavy atom. The zero-order valence-electron chi connectivity index (χ0n) is 14.8. The Kier molecular flexibility index (Phi) is 4.49. The molecular formula is C19H12Cl2FN5OS. The molecule has 1 aliphatic heterocycles. The molecule has 3 heterocycles. The van der Waals surface area contributed by atoms with Crippen LogP contribution in [0.2, 0.25) is 10.0 Å². The van der Waals surface area contributed by atoms with E-state index < -0.39 is 0 Å². The van der Waals surface area contributed by atoms with Crippen molar-refractivity contribution in [3.8, 4) is 10.8 Å². The van der Waals surface area contributed by atoms with Crippen molar-refractivity contribution in [1.29, 1.82) is 0 Å². The van der Waals surface area contributed by atoms with Crippen molar-refractivity contribution in [2.45, 2.75) is 13.1 Å². The fourth-order valence-corrected chi connectivity index (χ4v) is 4.58. The largest absolute Gasteiger partial charge is 0.329 e. The highest BCUT2D eigenvalue weighted by atomic mass is 35.5. The van der Waals surface area contributed by atoms with Gasteiger partial charge in [-0.3, -0.25) is 4.79 Å². The smallest absolute Gasteiger partial charge is 0.254 e. The number of fused-ring (bicyclic) bond motifs is 2. The van der Waals surface area contributed by atoms with E-state index in [2.05, 4.69) is 15.2 Å². The number of halogens is 3. The Morgan fingerprint density at radius 3 is 2.76 bits per heavy atom. The Balaban J connectivity index is 1.42. The predicted molar refractivity (Wildman–Crippen MR) is 110 cm³/mol. The second kappa shape index (κ2) is 7.05. The second-order valence-corrected chi connectivity index (χ2v) is 8.42. The van der Waals surface area contributed by atoms with E-state index in [4.69, 9.17) is 23.2 Å². The summed E-state index contributed by atoms with van der Waals surface area (Å²) in [5.74, 6) is 0.857. The van der Waals surface area contributed by atoms with Crippen LogP contribution in [0.5, 0.6) is 0 Å². The lowest BCUT2D eigenvalue weighted by Crippen LogP contribution is -2.38. The average molecular weight is 448 g/mol. The maximum atomic E-state index is 13.5. The van der Waals surface area contributed by atoms with E-state index >= 15 is 0 Å². The molecule has 0 fully saturated rings. The van der Waals surface area contributed by atoms with Gasteiger partial charge in [0.05, 0.1) is 26.8 Å². The number of carbonyl (C=O) groups excluding carboxylic acids is 1. The minimum absolute atomic E-state index is 0.144. The molecule has 1 amide bonds. The Labute approximate surface area is 178 Å². The first kappa shape index (κ1) is 18.5. The van der Waals surface area contributed by atoms with Crippen LogP contribution < -0.4 is 0 Å². The number of aromatic nitrogens is 4. The van der Waals surface area contributed by atoms with Gasteiger partial charge >= 0.3 is 0 Å². The van der Waals surface area contributed by atoms with Gasteiger partial charge in [0.2, 0.25) is 0 Å². The van der Waals surface area contributed by atoms with E-state index in [9.17, 15) is 9.18 Å². The summed E-state index contributed by atoms with van der Waals surface area (Å²) in [4.78, 5) is 19.1. The average Bonchev–Trinajstić information content (AvgIpc) is 3.32. The van der Waals surface area contributed by atoms with Gasteiger partial charge in [-0.05, 0) is 36.4 Å². The number of thiazole rings is 1. The fraction of sp³-hybridized carbons (Fsp3) is 0.158. The predicted octanol–water partition coefficient (Wildman–Crippen LogP) is 4.66. The zero-order chi connectivity index (χ0) is 20.1. The lowest BCUT2D eigenvalue weighted by molar-refractivity contribution is 0.0708. The fourth-order valence-electron chi connectivity index (χ4n) is 3.30. The molecule has 10 heteroatoms. The van der Waals surface area contributed by atoms with Gasteiger partial charge in [-0.2, -0.15) is 0 Å². The lowest BCUT2D eigenvalue weighted by atomic mass is 10.2. The van der Waals surface area contributed by atoms with Crippen molar-refractivity contribution in [2.75, 3.05) is 6.54 Å². The number of amides is 1. The summed E-state index contributed by atoms with van der Waals surface area (Å²) in [6.45, 7) is 1.36. The topological polar surface area (TPSA) is 63.9 Å². The molecule has 0 N–H and O–H groups in total. The molecule has 6 nitrogen and oxygen atoms in total. The van der Waals surface area contributed by atoms with Crippen molar-refractivity contribution >= 4 is 50.7 Å². The molecule has 4 aromatic rings. The molecule has 2 aromatic carbocycles. The molecule has 2 aromatic heterocycles. The van der Waals surface area contributed by atoms with E-state index in [-0.39, 0.29) is 11.7 Å². The Hall–Kier alpha value is -2.55. The minimum atomic E-state index is -0.299. The summed E-state index contributed by atoms with van der Waals surface area (Å²) in [6.07, 6.45) is 0. The number of nitrogens with zero attached hydrogens (tertiary/aromatic N) is 5. The van der Waals surface area contributed by atoms with E-state index in [0.29, 0.717) is 51.9 Å². The van der Waals surface area contributed by atoms with Gasteiger partial charge in [-0.1, -0.05) is 23.2 Å². The van der Waals surface area contributed by atoms with Crippen LogP contribution in [0, 0.1) is 5.82 Å². The molecule has 29 heavy (non-hydrogen) atoms. The maximum absolute atomic E-state index is 13.5. The minimum Gasteiger partial charge on any atom is -0.329 e. The summed E-state index contributed by atoms with van der Waals surface area (Å²) in [5, 5.41) is 9.93. The van der Waals surface area contributed by atoms with E-state index in [1.165, 1.54) is 23.5 Å². The molecule has 0 radical (unpaired) electrons. The molecule has 0 saturated carbocycles. The molecule has 0 unspecified atom stereocenters. The summed E-state index contributed by atoms with van der Waals surface area (Å²) in [7, 11) is 0. The molecule has 0 aliphatic carbocycles. The van der Waals surface area contributed by atoms with Gasteiger partial charge in [0, 0.05) is 18.7 Å². The van der Waals surface area contributed by atoms with Crippen molar-refractivity contribution in [2.24, 2.45) is 0 Å². The van der Waals surface area contributed by atoms with Crippen molar-refractivity contribution in [3.05, 3.63) is 63.6 Å². The monoisotopic (exact) mass is 447 g/mol. The van der Waals surface area contributed by atoms with Crippen LogP contribution in [0.15, 0.2) is 36.4 Å². The molecule has 0 bridgehead atoms. The third kappa shape index (κ3) is 3.27. The first-order valence-electron chi connectivity index (χ1n) is 8.72. The molecular weight excluding hydrogens is 436 g/mol. The number of carbonyl (C=O) groups is 1. The van der Waals surface area contributed by atoms with Crippen LogP contribution in [-0.2, 0) is 13.1 Å². The highest BCUT2D eigenvalue weighted by Crippen LogP contribution is 2.31. The third-order valence-electron chi connectivity index (χ3n) is 4.75. The van der Waals surface area contributed by atoms with E-state index in [1.54, 1.807) is 29.2 Å². The van der Waals surface area contributed by atoms with Gasteiger partial charge in [0.1, 0.15) is 5.82 Å². The number of rotatable bonds is 2. The summed E-state index contributed by atoms with van der Waals surface area (Å²) >= 11 is 13.3. The van der Waals surface area contributed by atoms with E-state index in [0.717, 1.165) is 10.2 Å². The van der Waals surface area contributed by atoms with Gasteiger partial charge < -0.3 is 9.47 Å². The zero-order valence-corrected chi connectivity index (χ0v) is 17.1. The third-order valence-corrected chi connectivity index (χ3v) is 6.50. The van der Waals surface area contributed by atoms with E-state index in [1.807, 2.05) is 4.57 Å². The van der Waals surface area contributed by atoms with Crippen LogP contribution in [0.25, 0.3) is 21.0 Å². The van der Waals surface area contributed by atoms with Crippen LogP contribution >= 0.6 is 34.5 Å². The summed E-state index contributed by atoms with van der Waals surface area (Å²) < 4.78 is 16.2. The van der Waals surface area contributed by atoms with Crippen LogP contribution in [-0.4, -0.2) is 37.1 Å². The molecule has 0 spiro atoms. The molecule has 0 saturated heterocycles. The second-order valence-electron chi connectivity index (χ2n) is 6.58. The van der Waals surface area contributed by atoms with Crippen molar-refractivity contribution in [1.82, 2.24) is 24.6 Å². The van der Waals surface area contributed by atoms with Crippen molar-refractivity contribution < 1.29 is 9.18 Å². The normalized spacial score (nSPS) is 13.7. The van der Waals surface area contributed by atoms with Crippen LogP contribution in [0.1, 0.15) is 16.2 Å². The molecule has 1 aliphatic rings. The number of hydrogen-bond acceptors (Lipinski definition) is 5. The van der Waals surface area contributed by atoms with Crippen molar-refractivity contribution in [3.63, 3.8) is 0 Å². The van der Waals surface area contributed by atoms with Crippen LogP contribution in [0.4, 0.5) is 4.39 Å². The SMILES string of the molecule is O=C(c1ccc(Cl)c(Cl)c1)N1CCn2c(nnc2-c2nc3ccc(F)cc3s2)C1. The molecule has 146 valence electrons. The summed E-state index contributed by atoms with van der Waals surface area (Å²) in [5.41, 5.74) is 1.19. The van der Waals surface area contributed by atoms with Crippen LogP contribution in [0.3, 0.4) is 0 Å². The standard InChI is InChI=1S/C19H12Cl2FN5OS/c20-12-3-1-10(7-13(12)21)19(28)26-5-6-27-16(9-26)24-25-17(27)18-23-14-4-2-11(22)8-15(14)29-18/h1-4,7-8H,5-6,9H2. The Morgan fingerprint density at radius 2 is 1.93 bits per heavy atom. The van der Waals surface area contributed by atoms with Gasteiger partial charge in [-0.15, -0.1) is 21.5 Å². The maximum Gasteiger partial charge on any atom is 0.254 e. The number of hydrogen-bond donors (Lipinski definition) is 0. The Bertz CT molecular complexity index is 1270. The van der Waals surface area contributed by atoms with Gasteiger partial charge in [0.15, 0.2) is 16.7 Å². The molecule has 5 rings (SSSR count). The number of benzene rings is 2. The first-order chi connectivity index (χ1) is 14.0. The first-order valence-corrected chi connectivity index (χ1v) is 10.3. The summed E-state index contributed by atoms with van der Waals surface area (Å²) in [6, 6.07) is 9.32. The highest BCUT2D eigenvalue weighted by molar-refractivity contribution is 7.21. The van der Waals surface area contributed by atoms with Gasteiger partial charge in [0.25, 0.3) is 5.91 Å². The highest BCUT2D eigenvalue weighted by Gasteiger charge is 2.27.